The average molecular weight is 597 g/mol. The second-order valence-corrected chi connectivity index (χ2v) is 13.0. The van der Waals surface area contributed by atoms with Gasteiger partial charge in [-0.05, 0) is 56.7 Å². The van der Waals surface area contributed by atoms with Crippen LogP contribution in [0, 0.1) is 29.1 Å². The second-order valence-electron chi connectivity index (χ2n) is 12.0. The minimum absolute atomic E-state index is 0.0235. The summed E-state index contributed by atoms with van der Waals surface area (Å²) in [6.45, 7) is 9.31. The number of alkyl halides is 3. The SMILES string of the molecule is CNCc1nc(/C=C(\C)[C@@H]2C/C=C(/C(F)(F)F)C/C=C/[C@H](C)[C@H](O)[C@@H](C)C(=O)C(C)(C)[C@@H](C3CC3)CC(=O)O2)cs1. The monoisotopic (exact) mass is 596 g/mol. The molecule has 1 aliphatic heterocycles. The van der Waals surface area contributed by atoms with Crippen molar-refractivity contribution in [3.8, 4) is 0 Å². The lowest BCUT2D eigenvalue weighted by atomic mass is 9.67. The third kappa shape index (κ3) is 8.85. The lowest BCUT2D eigenvalue weighted by Gasteiger charge is -2.37. The Morgan fingerprint density at radius 3 is 2.56 bits per heavy atom. The van der Waals surface area contributed by atoms with E-state index in [0.717, 1.165) is 23.9 Å². The van der Waals surface area contributed by atoms with Crippen LogP contribution in [0.15, 0.2) is 34.8 Å². The Labute approximate surface area is 245 Å². The largest absolute Gasteiger partial charge is 0.457 e. The Bertz CT molecular complexity index is 1170. The summed E-state index contributed by atoms with van der Waals surface area (Å²) in [7, 11) is 1.81. The van der Waals surface area contributed by atoms with Gasteiger partial charge in [-0.2, -0.15) is 13.2 Å². The minimum atomic E-state index is -4.58. The summed E-state index contributed by atoms with van der Waals surface area (Å²) in [6.07, 6.45) is 0.393. The number of ketones is 1. The highest BCUT2D eigenvalue weighted by Gasteiger charge is 2.48. The highest BCUT2D eigenvalue weighted by Crippen LogP contribution is 2.49. The number of hydrogen-bond donors (Lipinski definition) is 2. The van der Waals surface area contributed by atoms with Gasteiger partial charge < -0.3 is 15.2 Å². The molecule has 41 heavy (non-hydrogen) atoms. The third-order valence-electron chi connectivity index (χ3n) is 8.38. The zero-order valence-electron chi connectivity index (χ0n) is 24.8. The molecule has 1 aromatic heterocycles. The van der Waals surface area contributed by atoms with Crippen molar-refractivity contribution in [1.29, 1.82) is 0 Å². The lowest BCUT2D eigenvalue weighted by Crippen LogP contribution is -2.43. The van der Waals surface area contributed by atoms with Crippen LogP contribution in [0.4, 0.5) is 13.2 Å². The van der Waals surface area contributed by atoms with Gasteiger partial charge in [0.2, 0.25) is 0 Å². The molecule has 2 aliphatic rings. The first-order chi connectivity index (χ1) is 19.1. The molecule has 1 aromatic rings. The van der Waals surface area contributed by atoms with E-state index >= 15 is 0 Å². The number of thiazole rings is 1. The molecule has 1 fully saturated rings. The summed E-state index contributed by atoms with van der Waals surface area (Å²) in [5.74, 6) is -2.12. The molecule has 5 atom stereocenters. The molecule has 1 saturated carbocycles. The highest BCUT2D eigenvalue weighted by molar-refractivity contribution is 7.09. The van der Waals surface area contributed by atoms with E-state index in [1.54, 1.807) is 32.9 Å². The number of allylic oxidation sites excluding steroid dienone is 2. The summed E-state index contributed by atoms with van der Waals surface area (Å²) in [4.78, 5) is 31.5. The van der Waals surface area contributed by atoms with Crippen LogP contribution in [0.25, 0.3) is 6.08 Å². The van der Waals surface area contributed by atoms with E-state index in [9.17, 15) is 27.9 Å². The molecule has 0 spiro atoms. The molecule has 1 aliphatic carbocycles. The maximum atomic E-state index is 13.9. The first kappa shape index (κ1) is 33.2. The fourth-order valence-corrected chi connectivity index (χ4v) is 6.40. The number of aliphatic hydroxyl groups excluding tert-OH is 1. The number of halogens is 3. The van der Waals surface area contributed by atoms with E-state index in [4.69, 9.17) is 4.74 Å². The fraction of sp³-hybridized carbons (Fsp3) is 0.645. The Kier molecular flexibility index (Phi) is 11.2. The molecular formula is C31H43F3N2O4S. The van der Waals surface area contributed by atoms with Crippen molar-refractivity contribution in [2.24, 2.45) is 29.1 Å². The second kappa shape index (κ2) is 13.8. The van der Waals surface area contributed by atoms with Crippen molar-refractivity contribution < 1.29 is 32.6 Å². The molecule has 10 heteroatoms. The van der Waals surface area contributed by atoms with Crippen molar-refractivity contribution in [3.63, 3.8) is 0 Å². The van der Waals surface area contributed by atoms with Crippen LogP contribution in [0.2, 0.25) is 0 Å². The van der Waals surface area contributed by atoms with Gasteiger partial charge in [-0.1, -0.05) is 45.9 Å². The molecule has 0 radical (unpaired) electrons. The number of aliphatic hydroxyl groups is 1. The summed E-state index contributed by atoms with van der Waals surface area (Å²) in [5.41, 5.74) is -0.428. The number of nitrogens with zero attached hydrogens (tertiary/aromatic N) is 1. The van der Waals surface area contributed by atoms with E-state index in [2.05, 4.69) is 10.3 Å². The molecule has 3 rings (SSSR count). The van der Waals surface area contributed by atoms with Gasteiger partial charge >= 0.3 is 12.1 Å². The normalized spacial score (nSPS) is 31.3. The predicted octanol–water partition coefficient (Wildman–Crippen LogP) is 6.66. The van der Waals surface area contributed by atoms with Gasteiger partial charge in [0, 0.05) is 47.6 Å². The van der Waals surface area contributed by atoms with Crippen LogP contribution in [-0.4, -0.2) is 47.3 Å². The smallest absolute Gasteiger partial charge is 0.412 e. The molecule has 2 N–H and O–H groups in total. The summed E-state index contributed by atoms with van der Waals surface area (Å²) < 4.78 is 47.7. The molecule has 2 heterocycles. The summed E-state index contributed by atoms with van der Waals surface area (Å²) in [6, 6.07) is 0. The average Bonchev–Trinajstić information content (AvgIpc) is 3.64. The van der Waals surface area contributed by atoms with Crippen molar-refractivity contribution in [2.45, 2.75) is 91.7 Å². The first-order valence-corrected chi connectivity index (χ1v) is 15.1. The first-order valence-electron chi connectivity index (χ1n) is 14.3. The molecule has 228 valence electrons. The number of carbonyl (C=O) groups excluding carboxylic acids is 2. The van der Waals surface area contributed by atoms with Gasteiger partial charge in [-0.25, -0.2) is 4.98 Å². The predicted molar refractivity (Wildman–Crippen MR) is 155 cm³/mol. The molecular weight excluding hydrogens is 553 g/mol. The molecule has 0 saturated heterocycles. The number of cyclic esters (lactones) is 1. The van der Waals surface area contributed by atoms with Crippen LogP contribution in [0.1, 0.15) is 77.4 Å². The van der Waals surface area contributed by atoms with Crippen molar-refractivity contribution >= 4 is 29.2 Å². The molecule has 0 unspecified atom stereocenters. The van der Waals surface area contributed by atoms with Crippen LogP contribution in [0.3, 0.4) is 0 Å². The maximum Gasteiger partial charge on any atom is 0.412 e. The van der Waals surface area contributed by atoms with E-state index in [0.29, 0.717) is 17.8 Å². The Morgan fingerprint density at radius 2 is 1.95 bits per heavy atom. The third-order valence-corrected chi connectivity index (χ3v) is 9.25. The van der Waals surface area contributed by atoms with Crippen LogP contribution in [0.5, 0.6) is 0 Å². The fourth-order valence-electron chi connectivity index (χ4n) is 5.64. The van der Waals surface area contributed by atoms with Crippen molar-refractivity contribution in [1.82, 2.24) is 10.3 Å². The van der Waals surface area contributed by atoms with Gasteiger partial charge in [-0.3, -0.25) is 9.59 Å². The zero-order valence-corrected chi connectivity index (χ0v) is 25.6. The maximum absolute atomic E-state index is 13.9. The number of hydrogen-bond acceptors (Lipinski definition) is 7. The molecule has 0 amide bonds. The van der Waals surface area contributed by atoms with Crippen LogP contribution in [-0.2, 0) is 20.9 Å². The number of esters is 1. The van der Waals surface area contributed by atoms with Crippen LogP contribution < -0.4 is 5.32 Å². The quantitative estimate of drug-likeness (QED) is 0.292. The molecule has 6 nitrogen and oxygen atoms in total. The zero-order chi connectivity index (χ0) is 30.5. The summed E-state index contributed by atoms with van der Waals surface area (Å²) >= 11 is 1.46. The standard InChI is InChI=1S/C31H43F3N2O4S/c1-18-8-7-9-22(31(32,33)34)12-13-25(19(2)14-23-17-41-26(36-23)16-35-6)40-27(37)15-24(21-10-11-21)30(4,5)29(39)20(3)28(18)38/h7-8,12,14,17-18,20-21,24-25,28,35,38H,9-11,13,15-16H2,1-6H3/b8-7+,19-14+,22-12+/t18-,20+,24+,25-,28-/m0/s1. The Balaban J connectivity index is 2.01. The number of carbonyl (C=O) groups is 2. The number of ether oxygens (including phenoxy) is 1. The number of nitrogens with one attached hydrogen (secondary N) is 1. The van der Waals surface area contributed by atoms with E-state index in [1.807, 2.05) is 26.3 Å². The van der Waals surface area contributed by atoms with Gasteiger partial charge in [0.25, 0.3) is 0 Å². The number of aromatic nitrogens is 1. The molecule has 0 bridgehead atoms. The van der Waals surface area contributed by atoms with E-state index in [1.165, 1.54) is 17.4 Å². The highest BCUT2D eigenvalue weighted by atomic mass is 32.1. The lowest BCUT2D eigenvalue weighted by molar-refractivity contribution is -0.151. The Hall–Kier alpha value is -2.30. The topological polar surface area (TPSA) is 88.5 Å². The van der Waals surface area contributed by atoms with Crippen molar-refractivity contribution in [3.05, 3.63) is 45.5 Å². The van der Waals surface area contributed by atoms with E-state index < -0.39 is 53.6 Å². The van der Waals surface area contributed by atoms with Gasteiger partial charge in [0.1, 0.15) is 16.9 Å². The number of Topliss-reactive ketones (excluding diaryl/α,β-unsaturated/α-hetero) is 1. The molecule has 0 aromatic carbocycles. The van der Waals surface area contributed by atoms with Gasteiger partial charge in [-0.15, -0.1) is 11.3 Å². The number of rotatable bonds is 5. The van der Waals surface area contributed by atoms with Crippen LogP contribution >= 0.6 is 11.3 Å². The summed E-state index contributed by atoms with van der Waals surface area (Å²) in [5, 5.41) is 16.7. The van der Waals surface area contributed by atoms with E-state index in [-0.39, 0.29) is 30.5 Å². The minimum Gasteiger partial charge on any atom is -0.457 e. The van der Waals surface area contributed by atoms with Gasteiger partial charge in [0.15, 0.2) is 0 Å². The van der Waals surface area contributed by atoms with Gasteiger partial charge in [0.05, 0.1) is 11.8 Å². The Morgan fingerprint density at radius 1 is 1.27 bits per heavy atom. The van der Waals surface area contributed by atoms with Crippen molar-refractivity contribution in [2.75, 3.05) is 7.05 Å².